The fourth-order valence-corrected chi connectivity index (χ4v) is 1.35. The van der Waals surface area contributed by atoms with Crippen molar-refractivity contribution < 1.29 is 19.1 Å². The first-order valence-electron chi connectivity index (χ1n) is 6.02. The molecule has 0 saturated carbocycles. The van der Waals surface area contributed by atoms with E-state index in [1.165, 1.54) is 24.3 Å². The maximum absolute atomic E-state index is 11.5. The number of anilines is 1. The maximum atomic E-state index is 11.5. The first kappa shape index (κ1) is 15.5. The Hall–Kier alpha value is -2.57. The third kappa shape index (κ3) is 5.38. The smallest absolute Gasteiger partial charge is 0.325 e. The fraction of sp³-hybridized carbons (Fsp3) is 0.308. The summed E-state index contributed by atoms with van der Waals surface area (Å²) in [5, 5.41) is 4.86. The van der Waals surface area contributed by atoms with Gasteiger partial charge in [-0.05, 0) is 38.1 Å². The first-order chi connectivity index (χ1) is 9.38. The van der Waals surface area contributed by atoms with Gasteiger partial charge in [-0.15, -0.1) is 0 Å². The SMILES string of the molecule is CC(C)OC(=O)CNC(=O)Nc1ccc(C(N)=O)cc1. The molecule has 0 radical (unpaired) electrons. The highest BCUT2D eigenvalue weighted by Gasteiger charge is 2.08. The van der Waals surface area contributed by atoms with Crippen LogP contribution in [0.25, 0.3) is 0 Å². The van der Waals surface area contributed by atoms with E-state index in [1.54, 1.807) is 13.8 Å². The van der Waals surface area contributed by atoms with Crippen molar-refractivity contribution in [3.63, 3.8) is 0 Å². The zero-order valence-electron chi connectivity index (χ0n) is 11.3. The Morgan fingerprint density at radius 1 is 1.20 bits per heavy atom. The molecule has 0 bridgehead atoms. The largest absolute Gasteiger partial charge is 0.462 e. The maximum Gasteiger partial charge on any atom is 0.325 e. The lowest BCUT2D eigenvalue weighted by molar-refractivity contribution is -0.146. The minimum atomic E-state index is -0.544. The third-order valence-corrected chi connectivity index (χ3v) is 2.19. The van der Waals surface area contributed by atoms with Gasteiger partial charge in [0.05, 0.1) is 6.10 Å². The summed E-state index contributed by atoms with van der Waals surface area (Å²) in [4.78, 5) is 33.6. The number of primary amides is 1. The molecule has 0 aliphatic heterocycles. The van der Waals surface area contributed by atoms with E-state index in [1.807, 2.05) is 0 Å². The van der Waals surface area contributed by atoms with Crippen molar-refractivity contribution in [3.05, 3.63) is 29.8 Å². The highest BCUT2D eigenvalue weighted by molar-refractivity contribution is 5.94. The molecule has 0 saturated heterocycles. The lowest BCUT2D eigenvalue weighted by atomic mass is 10.2. The minimum Gasteiger partial charge on any atom is -0.462 e. The van der Waals surface area contributed by atoms with Crippen LogP contribution in [0.5, 0.6) is 0 Å². The highest BCUT2D eigenvalue weighted by atomic mass is 16.5. The topological polar surface area (TPSA) is 111 Å². The normalized spacial score (nSPS) is 9.95. The van der Waals surface area contributed by atoms with E-state index in [-0.39, 0.29) is 12.6 Å². The molecule has 0 unspecified atom stereocenters. The molecule has 1 aromatic rings. The van der Waals surface area contributed by atoms with Crippen LogP contribution in [0.2, 0.25) is 0 Å². The molecule has 0 fully saturated rings. The van der Waals surface area contributed by atoms with Crippen molar-refractivity contribution in [2.24, 2.45) is 5.73 Å². The predicted molar refractivity (Wildman–Crippen MR) is 73.2 cm³/mol. The molecule has 20 heavy (non-hydrogen) atoms. The van der Waals surface area contributed by atoms with E-state index in [9.17, 15) is 14.4 Å². The van der Waals surface area contributed by atoms with Crippen molar-refractivity contribution in [3.8, 4) is 0 Å². The molecule has 0 atom stereocenters. The number of carbonyl (C=O) groups excluding carboxylic acids is 3. The molecule has 1 rings (SSSR count). The lowest BCUT2D eigenvalue weighted by Gasteiger charge is -2.10. The molecule has 0 aromatic heterocycles. The second-order valence-electron chi connectivity index (χ2n) is 4.29. The van der Waals surface area contributed by atoms with Crippen molar-refractivity contribution in [2.75, 3.05) is 11.9 Å². The Balaban J connectivity index is 2.42. The number of nitrogens with two attached hydrogens (primary N) is 1. The molecular formula is C13H17N3O4. The standard InChI is InChI=1S/C13H17N3O4/c1-8(2)20-11(17)7-15-13(19)16-10-5-3-9(4-6-10)12(14)18/h3-6,8H,7H2,1-2H3,(H2,14,18)(H2,15,16,19). The summed E-state index contributed by atoms with van der Waals surface area (Å²) in [6.07, 6.45) is -0.228. The average Bonchev–Trinajstić information content (AvgIpc) is 2.36. The molecule has 1 aromatic carbocycles. The number of benzene rings is 1. The summed E-state index contributed by atoms with van der Waals surface area (Å²) >= 11 is 0. The number of rotatable bonds is 5. The Bertz CT molecular complexity index is 497. The van der Waals surface area contributed by atoms with E-state index >= 15 is 0 Å². The minimum absolute atomic E-state index is 0.219. The zero-order chi connectivity index (χ0) is 15.1. The fourth-order valence-electron chi connectivity index (χ4n) is 1.35. The van der Waals surface area contributed by atoms with Crippen LogP contribution in [0.4, 0.5) is 10.5 Å². The van der Waals surface area contributed by atoms with Gasteiger partial charge in [-0.3, -0.25) is 9.59 Å². The van der Waals surface area contributed by atoms with Gasteiger partial charge in [0.2, 0.25) is 5.91 Å². The molecule has 7 nitrogen and oxygen atoms in total. The summed E-state index contributed by atoms with van der Waals surface area (Å²) < 4.78 is 4.86. The molecule has 7 heteroatoms. The summed E-state index contributed by atoms with van der Waals surface area (Å²) in [6, 6.07) is 5.51. The van der Waals surface area contributed by atoms with Gasteiger partial charge in [0.1, 0.15) is 6.54 Å². The summed E-state index contributed by atoms with van der Waals surface area (Å²) in [7, 11) is 0. The van der Waals surface area contributed by atoms with E-state index in [0.29, 0.717) is 11.3 Å². The van der Waals surface area contributed by atoms with E-state index in [4.69, 9.17) is 10.5 Å². The van der Waals surface area contributed by atoms with Crippen LogP contribution in [0.3, 0.4) is 0 Å². The van der Waals surface area contributed by atoms with Crippen LogP contribution in [-0.2, 0) is 9.53 Å². The number of esters is 1. The number of amides is 3. The second kappa shape index (κ2) is 7.13. The Labute approximate surface area is 116 Å². The summed E-state index contributed by atoms with van der Waals surface area (Å²) in [5.74, 6) is -1.06. The van der Waals surface area contributed by atoms with Gasteiger partial charge in [0, 0.05) is 11.3 Å². The van der Waals surface area contributed by atoms with Crippen LogP contribution in [0.15, 0.2) is 24.3 Å². The van der Waals surface area contributed by atoms with Crippen LogP contribution in [0.1, 0.15) is 24.2 Å². The van der Waals surface area contributed by atoms with E-state index in [2.05, 4.69) is 10.6 Å². The van der Waals surface area contributed by atoms with Crippen LogP contribution in [0, 0.1) is 0 Å². The molecule has 0 heterocycles. The van der Waals surface area contributed by atoms with Gasteiger partial charge in [-0.25, -0.2) is 4.79 Å². The highest BCUT2D eigenvalue weighted by Crippen LogP contribution is 2.08. The number of ether oxygens (including phenoxy) is 1. The molecule has 0 spiro atoms. The summed E-state index contributed by atoms with van der Waals surface area (Å²) in [6.45, 7) is 3.22. The van der Waals surface area contributed by atoms with Crippen molar-refractivity contribution in [2.45, 2.75) is 20.0 Å². The molecule has 4 N–H and O–H groups in total. The van der Waals surface area contributed by atoms with Gasteiger partial charge in [0.25, 0.3) is 0 Å². The summed E-state index contributed by atoms with van der Waals surface area (Å²) in [5.41, 5.74) is 5.92. The Morgan fingerprint density at radius 3 is 2.30 bits per heavy atom. The van der Waals surface area contributed by atoms with E-state index < -0.39 is 17.9 Å². The molecule has 0 aliphatic carbocycles. The van der Waals surface area contributed by atoms with Crippen molar-refractivity contribution in [1.82, 2.24) is 5.32 Å². The van der Waals surface area contributed by atoms with Crippen LogP contribution in [-0.4, -0.2) is 30.6 Å². The zero-order valence-corrected chi connectivity index (χ0v) is 11.3. The third-order valence-electron chi connectivity index (χ3n) is 2.19. The number of nitrogens with one attached hydrogen (secondary N) is 2. The number of hydrogen-bond donors (Lipinski definition) is 3. The molecular weight excluding hydrogens is 262 g/mol. The Kier molecular flexibility index (Phi) is 5.52. The van der Waals surface area contributed by atoms with E-state index in [0.717, 1.165) is 0 Å². The van der Waals surface area contributed by atoms with Gasteiger partial charge in [-0.1, -0.05) is 0 Å². The van der Waals surface area contributed by atoms with Crippen molar-refractivity contribution >= 4 is 23.6 Å². The van der Waals surface area contributed by atoms with Crippen LogP contribution < -0.4 is 16.4 Å². The number of hydrogen-bond acceptors (Lipinski definition) is 4. The predicted octanol–water partition coefficient (Wildman–Crippen LogP) is 0.859. The van der Waals surface area contributed by atoms with Gasteiger partial charge >= 0.3 is 12.0 Å². The Morgan fingerprint density at radius 2 is 1.80 bits per heavy atom. The van der Waals surface area contributed by atoms with Gasteiger partial charge in [0.15, 0.2) is 0 Å². The molecule has 108 valence electrons. The number of carbonyl (C=O) groups is 3. The monoisotopic (exact) mass is 279 g/mol. The van der Waals surface area contributed by atoms with Gasteiger partial charge < -0.3 is 21.1 Å². The average molecular weight is 279 g/mol. The quantitative estimate of drug-likeness (QED) is 0.694. The van der Waals surface area contributed by atoms with Crippen LogP contribution >= 0.6 is 0 Å². The van der Waals surface area contributed by atoms with Crippen molar-refractivity contribution in [1.29, 1.82) is 0 Å². The molecule has 0 aliphatic rings. The number of urea groups is 1. The van der Waals surface area contributed by atoms with Gasteiger partial charge in [-0.2, -0.15) is 0 Å². The molecule has 3 amide bonds. The first-order valence-corrected chi connectivity index (χ1v) is 6.02. The lowest BCUT2D eigenvalue weighted by Crippen LogP contribution is -2.34. The second-order valence-corrected chi connectivity index (χ2v) is 4.29.